The Morgan fingerprint density at radius 2 is 2.00 bits per heavy atom. The number of rotatable bonds is 6. The zero-order valence-electron chi connectivity index (χ0n) is 8.18. The van der Waals surface area contributed by atoms with Gasteiger partial charge >= 0.3 is 0 Å². The minimum Gasteiger partial charge on any atom is -0.355 e. The molecule has 0 spiro atoms. The summed E-state index contributed by atoms with van der Waals surface area (Å²) >= 11 is 0. The summed E-state index contributed by atoms with van der Waals surface area (Å²) in [7, 11) is 5.67. The van der Waals surface area contributed by atoms with Gasteiger partial charge in [0.05, 0.1) is 6.54 Å². The largest absolute Gasteiger partial charge is 0.355 e. The Bertz CT molecular complexity index is 125. The van der Waals surface area contributed by atoms with Crippen LogP contribution in [0.25, 0.3) is 0 Å². The highest BCUT2D eigenvalue weighted by Gasteiger charge is 2.00. The molecule has 0 aliphatic rings. The second-order valence-corrected chi connectivity index (χ2v) is 3.04. The van der Waals surface area contributed by atoms with E-state index in [-0.39, 0.29) is 5.91 Å². The van der Waals surface area contributed by atoms with Gasteiger partial charge in [0.2, 0.25) is 5.91 Å². The molecular formula is C8H19N3O. The normalized spacial score (nSPS) is 10.3. The van der Waals surface area contributed by atoms with E-state index in [0.29, 0.717) is 6.54 Å². The molecule has 0 aromatic carbocycles. The van der Waals surface area contributed by atoms with Crippen LogP contribution in [0, 0.1) is 0 Å². The average molecular weight is 173 g/mol. The molecule has 0 rings (SSSR count). The molecule has 0 radical (unpaired) electrons. The molecular weight excluding hydrogens is 154 g/mol. The number of hydrogen-bond acceptors (Lipinski definition) is 3. The van der Waals surface area contributed by atoms with Crippen LogP contribution in [-0.2, 0) is 4.79 Å². The molecule has 0 aromatic rings. The number of amides is 1. The summed E-state index contributed by atoms with van der Waals surface area (Å²) in [6.45, 7) is 2.18. The van der Waals surface area contributed by atoms with E-state index in [4.69, 9.17) is 0 Å². The Labute approximate surface area is 74.3 Å². The van der Waals surface area contributed by atoms with E-state index in [2.05, 4.69) is 10.6 Å². The highest BCUT2D eigenvalue weighted by Crippen LogP contribution is 1.76. The van der Waals surface area contributed by atoms with Gasteiger partial charge in [-0.1, -0.05) is 0 Å². The van der Waals surface area contributed by atoms with E-state index in [9.17, 15) is 4.79 Å². The van der Waals surface area contributed by atoms with Crippen LogP contribution in [0.4, 0.5) is 0 Å². The first-order valence-electron chi connectivity index (χ1n) is 4.23. The quantitative estimate of drug-likeness (QED) is 0.521. The molecule has 0 aliphatic heterocycles. The summed E-state index contributed by atoms with van der Waals surface area (Å²) in [6.07, 6.45) is 0.982. The van der Waals surface area contributed by atoms with Crippen LogP contribution in [0.5, 0.6) is 0 Å². The standard InChI is InChI=1S/C8H19N3O/c1-9-5-4-6-10-8(12)7-11(2)3/h9H,4-7H2,1-3H3,(H,10,12). The fourth-order valence-corrected chi connectivity index (χ4v) is 0.836. The third-order valence-electron chi connectivity index (χ3n) is 1.39. The van der Waals surface area contributed by atoms with E-state index >= 15 is 0 Å². The molecule has 12 heavy (non-hydrogen) atoms. The molecule has 0 aliphatic carbocycles. The number of hydrogen-bond donors (Lipinski definition) is 2. The van der Waals surface area contributed by atoms with E-state index in [1.807, 2.05) is 26.0 Å². The lowest BCUT2D eigenvalue weighted by Crippen LogP contribution is -2.34. The van der Waals surface area contributed by atoms with E-state index in [0.717, 1.165) is 19.5 Å². The number of carbonyl (C=O) groups excluding carboxylic acids is 1. The third-order valence-corrected chi connectivity index (χ3v) is 1.39. The molecule has 0 atom stereocenters. The SMILES string of the molecule is CNCCCNC(=O)CN(C)C. The van der Waals surface area contributed by atoms with Crippen molar-refractivity contribution in [1.29, 1.82) is 0 Å². The molecule has 0 fully saturated rings. The fraction of sp³-hybridized carbons (Fsp3) is 0.875. The predicted octanol–water partition coefficient (Wildman–Crippen LogP) is -0.726. The van der Waals surface area contributed by atoms with Crippen LogP contribution in [-0.4, -0.2) is 51.6 Å². The van der Waals surface area contributed by atoms with Gasteiger partial charge in [-0.05, 0) is 34.1 Å². The summed E-state index contributed by atoms with van der Waals surface area (Å²) in [5.41, 5.74) is 0. The minimum absolute atomic E-state index is 0.0936. The van der Waals surface area contributed by atoms with E-state index in [1.54, 1.807) is 0 Å². The third kappa shape index (κ3) is 7.50. The van der Waals surface area contributed by atoms with Gasteiger partial charge in [0.25, 0.3) is 0 Å². The molecule has 0 saturated carbocycles. The first kappa shape index (κ1) is 11.4. The maximum atomic E-state index is 11.0. The van der Waals surface area contributed by atoms with Gasteiger partial charge in [0, 0.05) is 6.54 Å². The second-order valence-electron chi connectivity index (χ2n) is 3.04. The zero-order valence-corrected chi connectivity index (χ0v) is 8.18. The number of nitrogens with one attached hydrogen (secondary N) is 2. The lowest BCUT2D eigenvalue weighted by molar-refractivity contribution is -0.121. The molecule has 0 bridgehead atoms. The van der Waals surface area contributed by atoms with Crippen LogP contribution >= 0.6 is 0 Å². The van der Waals surface area contributed by atoms with Crippen molar-refractivity contribution < 1.29 is 4.79 Å². The predicted molar refractivity (Wildman–Crippen MR) is 50.1 cm³/mol. The smallest absolute Gasteiger partial charge is 0.234 e. The lowest BCUT2D eigenvalue weighted by atomic mass is 10.4. The number of nitrogens with zero attached hydrogens (tertiary/aromatic N) is 1. The lowest BCUT2D eigenvalue weighted by Gasteiger charge is -2.09. The summed E-state index contributed by atoms with van der Waals surface area (Å²) in [5.74, 6) is 0.0936. The molecule has 0 unspecified atom stereocenters. The fourth-order valence-electron chi connectivity index (χ4n) is 0.836. The van der Waals surface area contributed by atoms with Crippen molar-refractivity contribution in [3.8, 4) is 0 Å². The van der Waals surface area contributed by atoms with Crippen molar-refractivity contribution in [2.45, 2.75) is 6.42 Å². The van der Waals surface area contributed by atoms with Crippen LogP contribution in [0.15, 0.2) is 0 Å². The summed E-state index contributed by atoms with van der Waals surface area (Å²) < 4.78 is 0. The monoisotopic (exact) mass is 173 g/mol. The highest BCUT2D eigenvalue weighted by atomic mass is 16.1. The molecule has 4 heteroatoms. The van der Waals surface area contributed by atoms with Gasteiger partial charge in [-0.15, -0.1) is 0 Å². The summed E-state index contributed by atoms with van der Waals surface area (Å²) in [5, 5.41) is 5.85. The molecule has 72 valence electrons. The Hall–Kier alpha value is -0.610. The van der Waals surface area contributed by atoms with Crippen LogP contribution in [0.2, 0.25) is 0 Å². The second kappa shape index (κ2) is 7.06. The van der Waals surface area contributed by atoms with Gasteiger partial charge in [-0.3, -0.25) is 4.79 Å². The molecule has 0 heterocycles. The summed E-state index contributed by atoms with van der Waals surface area (Å²) in [4.78, 5) is 12.9. The van der Waals surface area contributed by atoms with Crippen LogP contribution in [0.1, 0.15) is 6.42 Å². The van der Waals surface area contributed by atoms with Crippen molar-refractivity contribution in [1.82, 2.24) is 15.5 Å². The topological polar surface area (TPSA) is 44.4 Å². The average Bonchev–Trinajstić information content (AvgIpc) is 1.97. The van der Waals surface area contributed by atoms with Crippen molar-refractivity contribution in [2.24, 2.45) is 0 Å². The van der Waals surface area contributed by atoms with Crippen molar-refractivity contribution in [2.75, 3.05) is 40.8 Å². The molecule has 0 aromatic heterocycles. The Balaban J connectivity index is 3.20. The maximum absolute atomic E-state index is 11.0. The van der Waals surface area contributed by atoms with Crippen molar-refractivity contribution >= 4 is 5.91 Å². The van der Waals surface area contributed by atoms with E-state index in [1.165, 1.54) is 0 Å². The first-order chi connectivity index (χ1) is 5.66. The van der Waals surface area contributed by atoms with Gasteiger partial charge < -0.3 is 15.5 Å². The van der Waals surface area contributed by atoms with Gasteiger partial charge in [0.1, 0.15) is 0 Å². The van der Waals surface area contributed by atoms with E-state index < -0.39 is 0 Å². The molecule has 4 nitrogen and oxygen atoms in total. The molecule has 0 saturated heterocycles. The maximum Gasteiger partial charge on any atom is 0.234 e. The van der Waals surface area contributed by atoms with Crippen LogP contribution < -0.4 is 10.6 Å². The summed E-state index contributed by atoms with van der Waals surface area (Å²) in [6, 6.07) is 0. The van der Waals surface area contributed by atoms with Crippen LogP contribution in [0.3, 0.4) is 0 Å². The number of carbonyl (C=O) groups is 1. The Morgan fingerprint density at radius 3 is 2.50 bits per heavy atom. The molecule has 1 amide bonds. The zero-order chi connectivity index (χ0) is 9.40. The van der Waals surface area contributed by atoms with Crippen molar-refractivity contribution in [3.63, 3.8) is 0 Å². The first-order valence-corrected chi connectivity index (χ1v) is 4.23. The van der Waals surface area contributed by atoms with Gasteiger partial charge in [-0.2, -0.15) is 0 Å². The van der Waals surface area contributed by atoms with Gasteiger partial charge in [-0.25, -0.2) is 0 Å². The van der Waals surface area contributed by atoms with Crippen molar-refractivity contribution in [3.05, 3.63) is 0 Å². The Morgan fingerprint density at radius 1 is 1.33 bits per heavy atom. The number of likely N-dealkylation sites (N-methyl/N-ethyl adjacent to an activating group) is 1. The van der Waals surface area contributed by atoms with Gasteiger partial charge in [0.15, 0.2) is 0 Å². The Kier molecular flexibility index (Phi) is 6.70. The molecule has 2 N–H and O–H groups in total. The minimum atomic E-state index is 0.0936. The highest BCUT2D eigenvalue weighted by molar-refractivity contribution is 5.77.